The topological polar surface area (TPSA) is 41.9 Å². The first kappa shape index (κ1) is 8.29. The quantitative estimate of drug-likeness (QED) is 0.638. The number of imidazole rings is 1. The van der Waals surface area contributed by atoms with Crippen molar-refractivity contribution in [2.45, 2.75) is 19.4 Å². The minimum absolute atomic E-state index is 0.661. The molecule has 2 atom stereocenters. The Labute approximate surface area is 83.7 Å². The van der Waals surface area contributed by atoms with E-state index in [0.29, 0.717) is 6.04 Å². The summed E-state index contributed by atoms with van der Waals surface area (Å²) in [4.78, 5) is 4.47. The summed E-state index contributed by atoms with van der Waals surface area (Å²) < 4.78 is 2.32. The van der Waals surface area contributed by atoms with Crippen LogP contribution in [-0.4, -0.2) is 29.2 Å². The summed E-state index contributed by atoms with van der Waals surface area (Å²) in [6, 6.07) is 0.661. The van der Waals surface area contributed by atoms with Crippen LogP contribution < -0.4 is 10.6 Å². The molecule has 3 rings (SSSR count). The van der Waals surface area contributed by atoms with Crippen molar-refractivity contribution >= 4 is 5.95 Å². The van der Waals surface area contributed by atoms with Crippen molar-refractivity contribution in [3.05, 3.63) is 11.9 Å². The molecule has 0 aliphatic carbocycles. The second-order valence-electron chi connectivity index (χ2n) is 4.31. The zero-order chi connectivity index (χ0) is 9.54. The molecule has 1 aromatic heterocycles. The third kappa shape index (κ3) is 1.14. The molecule has 0 saturated carbocycles. The maximum atomic E-state index is 4.47. The Balaban J connectivity index is 1.98. The Morgan fingerprint density at radius 3 is 3.36 bits per heavy atom. The zero-order valence-electron chi connectivity index (χ0n) is 8.45. The van der Waals surface area contributed by atoms with Crippen molar-refractivity contribution in [1.29, 1.82) is 0 Å². The van der Waals surface area contributed by atoms with Gasteiger partial charge in [-0.2, -0.15) is 0 Å². The van der Waals surface area contributed by atoms with Gasteiger partial charge in [0.05, 0.1) is 5.69 Å². The third-order valence-corrected chi connectivity index (χ3v) is 3.30. The number of fused-ring (bicyclic) bond motifs is 3. The van der Waals surface area contributed by atoms with Gasteiger partial charge in [0.25, 0.3) is 0 Å². The summed E-state index contributed by atoms with van der Waals surface area (Å²) >= 11 is 0. The smallest absolute Gasteiger partial charge is 0.203 e. The molecule has 0 aromatic carbocycles. The highest BCUT2D eigenvalue weighted by molar-refractivity contribution is 5.32. The van der Waals surface area contributed by atoms with Gasteiger partial charge in [0, 0.05) is 31.2 Å². The number of rotatable bonds is 0. The number of nitrogens with zero attached hydrogens (tertiary/aromatic N) is 2. The summed E-state index contributed by atoms with van der Waals surface area (Å²) in [5.74, 6) is 1.79. The van der Waals surface area contributed by atoms with E-state index in [2.05, 4.69) is 33.3 Å². The summed E-state index contributed by atoms with van der Waals surface area (Å²) in [6.07, 6.45) is 3.40. The molecule has 0 radical (unpaired) electrons. The molecule has 14 heavy (non-hydrogen) atoms. The van der Waals surface area contributed by atoms with E-state index in [9.17, 15) is 0 Å². The van der Waals surface area contributed by atoms with Crippen LogP contribution in [0.1, 0.15) is 18.2 Å². The number of hydrogen-bond acceptors (Lipinski definition) is 3. The Hall–Kier alpha value is -1.03. The van der Waals surface area contributed by atoms with E-state index in [4.69, 9.17) is 0 Å². The highest BCUT2D eigenvalue weighted by Crippen LogP contribution is 2.32. The number of aromatic nitrogens is 2. The van der Waals surface area contributed by atoms with Gasteiger partial charge in [-0.05, 0) is 19.9 Å². The van der Waals surface area contributed by atoms with E-state index in [-0.39, 0.29) is 0 Å². The third-order valence-electron chi connectivity index (χ3n) is 3.30. The lowest BCUT2D eigenvalue weighted by Gasteiger charge is -2.37. The first-order chi connectivity index (χ1) is 6.84. The van der Waals surface area contributed by atoms with Crippen LogP contribution in [0.5, 0.6) is 0 Å². The fraction of sp³-hybridized carbons (Fsp3) is 0.700. The van der Waals surface area contributed by atoms with Crippen LogP contribution in [0.2, 0.25) is 0 Å². The summed E-state index contributed by atoms with van der Waals surface area (Å²) in [6.45, 7) is 5.39. The molecule has 4 nitrogen and oxygen atoms in total. The summed E-state index contributed by atoms with van der Waals surface area (Å²) in [5.41, 5.74) is 1.12. The molecule has 3 heterocycles. The highest BCUT2D eigenvalue weighted by Gasteiger charge is 2.31. The SMILES string of the molecule is Cc1cn2c(n1)NCC1CNCCC12. The largest absolute Gasteiger partial charge is 0.355 e. The lowest BCUT2D eigenvalue weighted by atomic mass is 9.92. The average molecular weight is 192 g/mol. The van der Waals surface area contributed by atoms with Crippen LogP contribution in [0.15, 0.2) is 6.20 Å². The van der Waals surface area contributed by atoms with Gasteiger partial charge in [-0.25, -0.2) is 4.98 Å². The molecule has 2 N–H and O–H groups in total. The van der Waals surface area contributed by atoms with Crippen LogP contribution in [0, 0.1) is 12.8 Å². The monoisotopic (exact) mass is 192 g/mol. The minimum atomic E-state index is 0.661. The average Bonchev–Trinajstić information content (AvgIpc) is 2.59. The van der Waals surface area contributed by atoms with E-state index in [1.54, 1.807) is 0 Å². The predicted molar refractivity (Wildman–Crippen MR) is 55.5 cm³/mol. The van der Waals surface area contributed by atoms with E-state index in [1.807, 2.05) is 0 Å². The van der Waals surface area contributed by atoms with E-state index >= 15 is 0 Å². The van der Waals surface area contributed by atoms with Gasteiger partial charge in [-0.1, -0.05) is 0 Å². The van der Waals surface area contributed by atoms with Crippen LogP contribution in [0.3, 0.4) is 0 Å². The molecule has 1 aromatic rings. The molecule has 2 unspecified atom stereocenters. The zero-order valence-corrected chi connectivity index (χ0v) is 8.45. The molecular formula is C10H16N4. The van der Waals surface area contributed by atoms with Gasteiger partial charge in [-0.3, -0.25) is 0 Å². The normalized spacial score (nSPS) is 30.4. The van der Waals surface area contributed by atoms with Crippen LogP contribution in [0.4, 0.5) is 5.95 Å². The Bertz CT molecular complexity index is 344. The number of nitrogens with one attached hydrogen (secondary N) is 2. The molecular weight excluding hydrogens is 176 g/mol. The van der Waals surface area contributed by atoms with Gasteiger partial charge in [0.15, 0.2) is 0 Å². The fourth-order valence-electron chi connectivity index (χ4n) is 2.61. The predicted octanol–water partition coefficient (Wildman–Crippen LogP) is 0.768. The molecule has 2 aliphatic heterocycles. The lowest BCUT2D eigenvalue weighted by Crippen LogP contribution is -2.44. The first-order valence-electron chi connectivity index (χ1n) is 5.34. The molecule has 2 aliphatic rings. The molecule has 0 bridgehead atoms. The van der Waals surface area contributed by atoms with E-state index in [0.717, 1.165) is 37.2 Å². The van der Waals surface area contributed by atoms with Gasteiger partial charge in [0.2, 0.25) is 5.95 Å². The first-order valence-corrected chi connectivity index (χ1v) is 5.34. The van der Waals surface area contributed by atoms with Crippen molar-refractivity contribution in [3.8, 4) is 0 Å². The van der Waals surface area contributed by atoms with Crippen molar-refractivity contribution < 1.29 is 0 Å². The second kappa shape index (κ2) is 2.98. The summed E-state index contributed by atoms with van der Waals surface area (Å²) in [5, 5.41) is 6.84. The lowest BCUT2D eigenvalue weighted by molar-refractivity contribution is 0.254. The maximum absolute atomic E-state index is 4.47. The van der Waals surface area contributed by atoms with Crippen molar-refractivity contribution in [2.75, 3.05) is 25.0 Å². The molecule has 76 valence electrons. The number of anilines is 1. The van der Waals surface area contributed by atoms with Crippen molar-refractivity contribution in [3.63, 3.8) is 0 Å². The van der Waals surface area contributed by atoms with Crippen molar-refractivity contribution in [1.82, 2.24) is 14.9 Å². The van der Waals surface area contributed by atoms with Gasteiger partial charge >= 0.3 is 0 Å². The Morgan fingerprint density at radius 2 is 2.43 bits per heavy atom. The number of piperidine rings is 1. The maximum Gasteiger partial charge on any atom is 0.203 e. The fourth-order valence-corrected chi connectivity index (χ4v) is 2.61. The van der Waals surface area contributed by atoms with Crippen LogP contribution >= 0.6 is 0 Å². The molecule has 1 fully saturated rings. The van der Waals surface area contributed by atoms with Crippen LogP contribution in [0.25, 0.3) is 0 Å². The Kier molecular flexibility index (Phi) is 1.77. The van der Waals surface area contributed by atoms with Gasteiger partial charge < -0.3 is 15.2 Å². The molecule has 4 heteroatoms. The molecule has 1 saturated heterocycles. The second-order valence-corrected chi connectivity index (χ2v) is 4.31. The van der Waals surface area contributed by atoms with E-state index < -0.39 is 0 Å². The van der Waals surface area contributed by atoms with Gasteiger partial charge in [-0.15, -0.1) is 0 Å². The Morgan fingerprint density at radius 1 is 1.50 bits per heavy atom. The highest BCUT2D eigenvalue weighted by atomic mass is 15.3. The van der Waals surface area contributed by atoms with Crippen LogP contribution in [-0.2, 0) is 0 Å². The molecule has 0 amide bonds. The number of hydrogen-bond donors (Lipinski definition) is 2. The van der Waals surface area contributed by atoms with E-state index in [1.165, 1.54) is 6.42 Å². The standard InChI is InChI=1S/C10H16N4/c1-7-6-14-9-2-3-11-4-8(9)5-12-10(14)13-7/h6,8-9,11H,2-5H2,1H3,(H,12,13). The molecule has 0 spiro atoms. The van der Waals surface area contributed by atoms with Gasteiger partial charge in [0.1, 0.15) is 0 Å². The van der Waals surface area contributed by atoms with Crippen molar-refractivity contribution in [2.24, 2.45) is 5.92 Å². The summed E-state index contributed by atoms with van der Waals surface area (Å²) in [7, 11) is 0. The number of aryl methyl sites for hydroxylation is 1. The minimum Gasteiger partial charge on any atom is -0.355 e.